The van der Waals surface area contributed by atoms with Gasteiger partial charge >= 0.3 is 5.97 Å². The van der Waals surface area contributed by atoms with Crippen LogP contribution in [0.5, 0.6) is 5.75 Å². The molecule has 0 spiro atoms. The molecule has 3 aromatic rings. The van der Waals surface area contributed by atoms with Crippen molar-refractivity contribution in [2.75, 3.05) is 30.0 Å². The van der Waals surface area contributed by atoms with Gasteiger partial charge in [0.15, 0.2) is 13.2 Å². The molecular weight excluding hydrogens is 436 g/mol. The molecule has 1 N–H and O–H groups in total. The van der Waals surface area contributed by atoms with Crippen LogP contribution in [0.1, 0.15) is 6.42 Å². The maximum absolute atomic E-state index is 12.1. The SMILES string of the molecule is O=C(COC(=O)CCN1C(=O)COc2ccccc21)Nc1ccc(N=Nc2ccccc2)cc1. The summed E-state index contributed by atoms with van der Waals surface area (Å²) in [5, 5.41) is 10.9. The van der Waals surface area contributed by atoms with E-state index < -0.39 is 18.5 Å². The molecule has 0 unspecified atom stereocenters. The van der Waals surface area contributed by atoms with Gasteiger partial charge in [-0.2, -0.15) is 10.2 Å². The summed E-state index contributed by atoms with van der Waals surface area (Å²) in [7, 11) is 0. The van der Waals surface area contributed by atoms with Gasteiger partial charge < -0.3 is 19.7 Å². The van der Waals surface area contributed by atoms with Crippen LogP contribution < -0.4 is 15.0 Å². The van der Waals surface area contributed by atoms with Gasteiger partial charge in [0.1, 0.15) is 5.75 Å². The molecule has 4 rings (SSSR count). The fourth-order valence-electron chi connectivity index (χ4n) is 3.24. The zero-order valence-corrected chi connectivity index (χ0v) is 18.2. The second-order valence-electron chi connectivity index (χ2n) is 7.34. The van der Waals surface area contributed by atoms with Crippen LogP contribution in [0.25, 0.3) is 0 Å². The highest BCUT2D eigenvalue weighted by Crippen LogP contribution is 2.31. The number of nitrogens with one attached hydrogen (secondary N) is 1. The molecule has 0 atom stereocenters. The summed E-state index contributed by atoms with van der Waals surface area (Å²) in [6.07, 6.45) is -0.0472. The maximum Gasteiger partial charge on any atom is 0.308 e. The number of azo groups is 1. The van der Waals surface area contributed by atoms with E-state index in [2.05, 4.69) is 15.5 Å². The zero-order chi connectivity index (χ0) is 23.8. The number of hydrogen-bond donors (Lipinski definition) is 1. The molecule has 9 heteroatoms. The average Bonchev–Trinajstić information content (AvgIpc) is 2.87. The molecule has 3 aromatic carbocycles. The zero-order valence-electron chi connectivity index (χ0n) is 18.2. The number of benzene rings is 3. The van der Waals surface area contributed by atoms with Gasteiger partial charge in [0, 0.05) is 12.2 Å². The number of hydrogen-bond acceptors (Lipinski definition) is 7. The van der Waals surface area contributed by atoms with Gasteiger partial charge in [-0.3, -0.25) is 14.4 Å². The summed E-state index contributed by atoms with van der Waals surface area (Å²) in [6, 6.07) is 23.2. The Hall–Kier alpha value is -4.53. The lowest BCUT2D eigenvalue weighted by Gasteiger charge is -2.28. The third-order valence-corrected chi connectivity index (χ3v) is 4.90. The first-order valence-electron chi connectivity index (χ1n) is 10.6. The Balaban J connectivity index is 1.21. The van der Waals surface area contributed by atoms with Gasteiger partial charge in [0.25, 0.3) is 11.8 Å². The predicted octanol–water partition coefficient (Wildman–Crippen LogP) is 4.40. The Labute approximate surface area is 196 Å². The number of para-hydroxylation sites is 2. The summed E-state index contributed by atoms with van der Waals surface area (Å²) >= 11 is 0. The van der Waals surface area contributed by atoms with Crippen molar-refractivity contribution >= 4 is 40.5 Å². The number of rotatable bonds is 8. The van der Waals surface area contributed by atoms with Gasteiger partial charge in [-0.1, -0.05) is 30.3 Å². The first-order chi connectivity index (χ1) is 16.6. The van der Waals surface area contributed by atoms with Crippen LogP contribution in [-0.2, 0) is 19.1 Å². The van der Waals surface area contributed by atoms with Crippen molar-refractivity contribution < 1.29 is 23.9 Å². The molecule has 0 saturated carbocycles. The molecule has 0 aromatic heterocycles. The van der Waals surface area contributed by atoms with Crippen molar-refractivity contribution in [2.45, 2.75) is 6.42 Å². The number of fused-ring (bicyclic) bond motifs is 1. The minimum Gasteiger partial charge on any atom is -0.482 e. The number of amides is 2. The Morgan fingerprint density at radius 2 is 1.59 bits per heavy atom. The van der Waals surface area contributed by atoms with Crippen molar-refractivity contribution in [2.24, 2.45) is 10.2 Å². The summed E-state index contributed by atoms with van der Waals surface area (Å²) in [6.45, 7) is -0.374. The monoisotopic (exact) mass is 458 g/mol. The molecule has 0 fully saturated rings. The summed E-state index contributed by atoms with van der Waals surface area (Å²) in [5.74, 6) is -0.707. The van der Waals surface area contributed by atoms with E-state index in [1.54, 1.807) is 42.5 Å². The molecule has 9 nitrogen and oxygen atoms in total. The lowest BCUT2D eigenvalue weighted by Crippen LogP contribution is -2.40. The Kier molecular flexibility index (Phi) is 7.24. The Morgan fingerprint density at radius 3 is 2.35 bits per heavy atom. The molecule has 2 amide bonds. The molecule has 34 heavy (non-hydrogen) atoms. The van der Waals surface area contributed by atoms with E-state index in [0.717, 1.165) is 5.69 Å². The van der Waals surface area contributed by atoms with Gasteiger partial charge in [-0.15, -0.1) is 0 Å². The normalized spacial score (nSPS) is 12.7. The van der Waals surface area contributed by atoms with Crippen LogP contribution in [0.4, 0.5) is 22.7 Å². The van der Waals surface area contributed by atoms with Crippen molar-refractivity contribution in [3.63, 3.8) is 0 Å². The quantitative estimate of drug-likeness (QED) is 0.397. The highest BCUT2D eigenvalue weighted by atomic mass is 16.5. The minimum atomic E-state index is -0.580. The molecule has 0 aliphatic carbocycles. The fraction of sp³-hybridized carbons (Fsp3) is 0.160. The van der Waals surface area contributed by atoms with Gasteiger partial charge in [0.05, 0.1) is 23.5 Å². The third-order valence-electron chi connectivity index (χ3n) is 4.90. The number of anilines is 2. The van der Waals surface area contributed by atoms with Gasteiger partial charge in [-0.25, -0.2) is 0 Å². The molecule has 0 bridgehead atoms. The minimum absolute atomic E-state index is 0.0472. The number of ether oxygens (including phenoxy) is 2. The van der Waals surface area contributed by atoms with Gasteiger partial charge in [-0.05, 0) is 48.5 Å². The lowest BCUT2D eigenvalue weighted by molar-refractivity contribution is -0.147. The topological polar surface area (TPSA) is 110 Å². The van der Waals surface area contributed by atoms with Crippen molar-refractivity contribution in [1.82, 2.24) is 0 Å². The summed E-state index contributed by atoms with van der Waals surface area (Å²) in [4.78, 5) is 37.9. The van der Waals surface area contributed by atoms with E-state index in [1.165, 1.54) is 4.90 Å². The highest BCUT2D eigenvalue weighted by molar-refractivity contribution is 5.98. The number of esters is 1. The largest absolute Gasteiger partial charge is 0.482 e. The average molecular weight is 458 g/mol. The van der Waals surface area contributed by atoms with E-state index in [1.807, 2.05) is 36.4 Å². The Morgan fingerprint density at radius 1 is 0.912 bits per heavy atom. The van der Waals surface area contributed by atoms with Crippen molar-refractivity contribution in [1.29, 1.82) is 0 Å². The predicted molar refractivity (Wildman–Crippen MR) is 126 cm³/mol. The van der Waals surface area contributed by atoms with Crippen LogP contribution >= 0.6 is 0 Å². The lowest BCUT2D eigenvalue weighted by atomic mass is 10.2. The molecule has 1 aliphatic heterocycles. The van der Waals surface area contributed by atoms with E-state index in [9.17, 15) is 14.4 Å². The molecular formula is C25H22N4O5. The summed E-state index contributed by atoms with van der Waals surface area (Å²) in [5.41, 5.74) is 2.52. The number of carbonyl (C=O) groups is 3. The third kappa shape index (κ3) is 6.04. The second-order valence-corrected chi connectivity index (χ2v) is 7.34. The summed E-state index contributed by atoms with van der Waals surface area (Å²) < 4.78 is 10.4. The molecule has 1 heterocycles. The fourth-order valence-corrected chi connectivity index (χ4v) is 3.24. The smallest absolute Gasteiger partial charge is 0.308 e. The highest BCUT2D eigenvalue weighted by Gasteiger charge is 2.25. The molecule has 0 saturated heterocycles. The molecule has 0 radical (unpaired) electrons. The van der Waals surface area contributed by atoms with E-state index in [0.29, 0.717) is 22.8 Å². The van der Waals surface area contributed by atoms with Crippen LogP contribution in [0.15, 0.2) is 89.1 Å². The molecule has 1 aliphatic rings. The first kappa shape index (κ1) is 22.7. The first-order valence-corrected chi connectivity index (χ1v) is 10.6. The number of nitrogens with zero attached hydrogens (tertiary/aromatic N) is 3. The van der Waals surface area contributed by atoms with Crippen LogP contribution in [0, 0.1) is 0 Å². The van der Waals surface area contributed by atoms with Crippen molar-refractivity contribution in [3.05, 3.63) is 78.9 Å². The van der Waals surface area contributed by atoms with Crippen LogP contribution in [-0.4, -0.2) is 37.5 Å². The second kappa shape index (κ2) is 10.9. The number of carbonyl (C=O) groups excluding carboxylic acids is 3. The van der Waals surface area contributed by atoms with E-state index >= 15 is 0 Å². The Bertz CT molecular complexity index is 1200. The van der Waals surface area contributed by atoms with Gasteiger partial charge in [0.2, 0.25) is 0 Å². The van der Waals surface area contributed by atoms with Crippen molar-refractivity contribution in [3.8, 4) is 5.75 Å². The maximum atomic E-state index is 12.1. The van der Waals surface area contributed by atoms with E-state index in [4.69, 9.17) is 9.47 Å². The van der Waals surface area contributed by atoms with Crippen LogP contribution in [0.2, 0.25) is 0 Å². The molecule has 172 valence electrons. The van der Waals surface area contributed by atoms with Crippen LogP contribution in [0.3, 0.4) is 0 Å². The van der Waals surface area contributed by atoms with E-state index in [-0.39, 0.29) is 25.5 Å². The standard InChI is InChI=1S/C25H22N4O5/c30-23(26-18-10-12-20(13-11-18)28-27-19-6-2-1-3-7-19)16-34-25(32)14-15-29-21-8-4-5-9-22(21)33-17-24(29)31/h1-13H,14-17H2,(H,26,30).